The van der Waals surface area contributed by atoms with E-state index in [-0.39, 0.29) is 24.0 Å². The SMILES string of the molecule is Cc1ccccc1[C@@H]1CN(C(=O)[C@H]2CC[C@H](N)C2)CCO1. The molecular weight excluding hydrogens is 264 g/mol. The second-order valence-electron chi connectivity index (χ2n) is 6.27. The van der Waals surface area contributed by atoms with Crippen molar-refractivity contribution in [2.45, 2.75) is 38.3 Å². The lowest BCUT2D eigenvalue weighted by Gasteiger charge is -2.35. The third kappa shape index (κ3) is 3.11. The monoisotopic (exact) mass is 288 g/mol. The molecule has 2 fully saturated rings. The Hall–Kier alpha value is -1.39. The summed E-state index contributed by atoms with van der Waals surface area (Å²) in [5, 5.41) is 0. The highest BCUT2D eigenvalue weighted by molar-refractivity contribution is 5.79. The second kappa shape index (κ2) is 6.16. The molecule has 0 bridgehead atoms. The molecule has 1 saturated carbocycles. The Kier molecular flexibility index (Phi) is 4.27. The first-order valence-electron chi connectivity index (χ1n) is 7.86. The molecule has 0 unspecified atom stereocenters. The minimum Gasteiger partial charge on any atom is -0.370 e. The molecule has 3 atom stereocenters. The fourth-order valence-corrected chi connectivity index (χ4v) is 3.48. The van der Waals surface area contributed by atoms with Crippen molar-refractivity contribution in [2.24, 2.45) is 11.7 Å². The lowest BCUT2D eigenvalue weighted by atomic mass is 10.0. The first-order valence-corrected chi connectivity index (χ1v) is 7.86. The van der Waals surface area contributed by atoms with E-state index in [1.54, 1.807) is 0 Å². The number of nitrogens with zero attached hydrogens (tertiary/aromatic N) is 1. The van der Waals surface area contributed by atoms with E-state index in [1.807, 2.05) is 17.0 Å². The van der Waals surface area contributed by atoms with Crippen LogP contribution in [0.1, 0.15) is 36.5 Å². The Balaban J connectivity index is 1.68. The number of ether oxygens (including phenoxy) is 1. The number of hydrogen-bond acceptors (Lipinski definition) is 3. The summed E-state index contributed by atoms with van der Waals surface area (Å²) in [7, 11) is 0. The molecule has 0 radical (unpaired) electrons. The summed E-state index contributed by atoms with van der Waals surface area (Å²) in [5.74, 6) is 0.389. The third-order valence-corrected chi connectivity index (χ3v) is 4.74. The van der Waals surface area contributed by atoms with Gasteiger partial charge >= 0.3 is 0 Å². The van der Waals surface area contributed by atoms with Gasteiger partial charge in [0.2, 0.25) is 5.91 Å². The van der Waals surface area contributed by atoms with Crippen molar-refractivity contribution < 1.29 is 9.53 Å². The van der Waals surface area contributed by atoms with Gasteiger partial charge in [0.15, 0.2) is 0 Å². The normalized spacial score (nSPS) is 29.6. The van der Waals surface area contributed by atoms with Gasteiger partial charge in [0.05, 0.1) is 13.2 Å². The van der Waals surface area contributed by atoms with E-state index in [0.29, 0.717) is 19.7 Å². The van der Waals surface area contributed by atoms with Gasteiger partial charge < -0.3 is 15.4 Å². The molecule has 4 heteroatoms. The predicted octanol–water partition coefficient (Wildman–Crippen LogP) is 2.02. The van der Waals surface area contributed by atoms with Crippen molar-refractivity contribution >= 4 is 5.91 Å². The van der Waals surface area contributed by atoms with E-state index in [0.717, 1.165) is 19.3 Å². The van der Waals surface area contributed by atoms with Crippen LogP contribution in [-0.4, -0.2) is 36.5 Å². The first kappa shape index (κ1) is 14.5. The highest BCUT2D eigenvalue weighted by atomic mass is 16.5. The van der Waals surface area contributed by atoms with Crippen LogP contribution < -0.4 is 5.73 Å². The van der Waals surface area contributed by atoms with Crippen LogP contribution in [0.5, 0.6) is 0 Å². The van der Waals surface area contributed by atoms with Crippen molar-refractivity contribution in [3.63, 3.8) is 0 Å². The Bertz CT molecular complexity index is 517. The summed E-state index contributed by atoms with van der Waals surface area (Å²) < 4.78 is 5.89. The van der Waals surface area contributed by atoms with Crippen LogP contribution in [0, 0.1) is 12.8 Å². The topological polar surface area (TPSA) is 55.6 Å². The predicted molar refractivity (Wildman–Crippen MR) is 81.8 cm³/mol. The maximum atomic E-state index is 12.6. The number of carbonyl (C=O) groups is 1. The number of amides is 1. The fraction of sp³-hybridized carbons (Fsp3) is 0.588. The van der Waals surface area contributed by atoms with E-state index in [1.165, 1.54) is 11.1 Å². The first-order chi connectivity index (χ1) is 10.1. The number of nitrogens with two attached hydrogens (primary N) is 1. The number of hydrogen-bond donors (Lipinski definition) is 1. The van der Waals surface area contributed by atoms with Gasteiger partial charge in [-0.25, -0.2) is 0 Å². The van der Waals surface area contributed by atoms with Crippen LogP contribution in [0.15, 0.2) is 24.3 Å². The van der Waals surface area contributed by atoms with Crippen LogP contribution in [0.2, 0.25) is 0 Å². The van der Waals surface area contributed by atoms with E-state index in [4.69, 9.17) is 10.5 Å². The maximum Gasteiger partial charge on any atom is 0.225 e. The molecule has 2 aliphatic rings. The van der Waals surface area contributed by atoms with Crippen LogP contribution >= 0.6 is 0 Å². The van der Waals surface area contributed by atoms with Crippen LogP contribution in [0.4, 0.5) is 0 Å². The van der Waals surface area contributed by atoms with E-state index in [9.17, 15) is 4.79 Å². The average molecular weight is 288 g/mol. The van der Waals surface area contributed by atoms with Gasteiger partial charge in [-0.3, -0.25) is 4.79 Å². The van der Waals surface area contributed by atoms with Gasteiger partial charge in [-0.05, 0) is 37.3 Å². The fourth-order valence-electron chi connectivity index (χ4n) is 3.48. The molecule has 1 aromatic rings. The summed E-state index contributed by atoms with van der Waals surface area (Å²) >= 11 is 0. The highest BCUT2D eigenvalue weighted by Gasteiger charge is 2.34. The minimum atomic E-state index is -0.000948. The van der Waals surface area contributed by atoms with Crippen molar-refractivity contribution in [3.8, 4) is 0 Å². The molecule has 1 amide bonds. The number of aryl methyl sites for hydroxylation is 1. The van der Waals surface area contributed by atoms with Gasteiger partial charge in [0, 0.05) is 18.5 Å². The standard InChI is InChI=1S/C17H24N2O2/c1-12-4-2-3-5-15(12)16-11-19(8-9-21-16)17(20)13-6-7-14(18)10-13/h2-5,13-14,16H,6-11,18H2,1H3/t13-,14-,16-/m0/s1. The Morgan fingerprint density at radius 3 is 2.86 bits per heavy atom. The summed E-state index contributed by atoms with van der Waals surface area (Å²) in [4.78, 5) is 14.6. The molecule has 0 aromatic heterocycles. The molecule has 114 valence electrons. The zero-order chi connectivity index (χ0) is 14.8. The number of benzene rings is 1. The smallest absolute Gasteiger partial charge is 0.225 e. The van der Waals surface area contributed by atoms with E-state index < -0.39 is 0 Å². The van der Waals surface area contributed by atoms with Crippen LogP contribution in [0.3, 0.4) is 0 Å². The van der Waals surface area contributed by atoms with Gasteiger partial charge in [-0.2, -0.15) is 0 Å². The van der Waals surface area contributed by atoms with E-state index >= 15 is 0 Å². The Morgan fingerprint density at radius 2 is 2.14 bits per heavy atom. The molecular formula is C17H24N2O2. The Labute approximate surface area is 126 Å². The molecule has 4 nitrogen and oxygen atoms in total. The zero-order valence-corrected chi connectivity index (χ0v) is 12.6. The molecule has 1 aliphatic heterocycles. The molecule has 2 N–H and O–H groups in total. The van der Waals surface area contributed by atoms with Gasteiger partial charge in [0.25, 0.3) is 0 Å². The summed E-state index contributed by atoms with van der Waals surface area (Å²) in [6.07, 6.45) is 2.75. The molecule has 1 aliphatic carbocycles. The minimum absolute atomic E-state index is 0.000948. The molecule has 21 heavy (non-hydrogen) atoms. The van der Waals surface area contributed by atoms with Gasteiger partial charge in [0.1, 0.15) is 6.10 Å². The second-order valence-corrected chi connectivity index (χ2v) is 6.27. The van der Waals surface area contributed by atoms with Crippen molar-refractivity contribution in [1.29, 1.82) is 0 Å². The summed E-state index contributed by atoms with van der Waals surface area (Å²) in [5.41, 5.74) is 8.35. The lowest BCUT2D eigenvalue weighted by molar-refractivity contribution is -0.143. The number of rotatable bonds is 2. The van der Waals surface area contributed by atoms with Gasteiger partial charge in [-0.15, -0.1) is 0 Å². The van der Waals surface area contributed by atoms with E-state index in [2.05, 4.69) is 19.1 Å². The molecule has 1 aromatic carbocycles. The number of morpholine rings is 1. The maximum absolute atomic E-state index is 12.6. The summed E-state index contributed by atoms with van der Waals surface area (Å²) in [6, 6.07) is 8.45. The largest absolute Gasteiger partial charge is 0.370 e. The van der Waals surface area contributed by atoms with Crippen molar-refractivity contribution in [2.75, 3.05) is 19.7 Å². The zero-order valence-electron chi connectivity index (χ0n) is 12.6. The van der Waals surface area contributed by atoms with Crippen molar-refractivity contribution in [3.05, 3.63) is 35.4 Å². The van der Waals surface area contributed by atoms with Crippen LogP contribution in [-0.2, 0) is 9.53 Å². The molecule has 3 rings (SSSR count). The van der Waals surface area contributed by atoms with Crippen LogP contribution in [0.25, 0.3) is 0 Å². The highest BCUT2D eigenvalue weighted by Crippen LogP contribution is 2.29. The molecule has 0 spiro atoms. The van der Waals surface area contributed by atoms with Gasteiger partial charge in [-0.1, -0.05) is 24.3 Å². The third-order valence-electron chi connectivity index (χ3n) is 4.74. The number of carbonyl (C=O) groups excluding carboxylic acids is 1. The van der Waals surface area contributed by atoms with Crippen molar-refractivity contribution in [1.82, 2.24) is 4.90 Å². The quantitative estimate of drug-likeness (QED) is 0.906. The molecule has 1 heterocycles. The lowest BCUT2D eigenvalue weighted by Crippen LogP contribution is -2.44. The molecule has 1 saturated heterocycles. The Morgan fingerprint density at radius 1 is 1.33 bits per heavy atom. The average Bonchev–Trinajstić information content (AvgIpc) is 2.94. The summed E-state index contributed by atoms with van der Waals surface area (Å²) in [6.45, 7) is 4.07.